The minimum absolute atomic E-state index is 0.941. The van der Waals surface area contributed by atoms with Crippen molar-refractivity contribution in [1.82, 2.24) is 0 Å². The zero-order valence-electron chi connectivity index (χ0n) is 12.4. The van der Waals surface area contributed by atoms with E-state index in [1.807, 2.05) is 48.5 Å². The molecular formula is C16H16Cl3LaN2. The van der Waals surface area contributed by atoms with Crippen LogP contribution >= 0.6 is 20.4 Å². The van der Waals surface area contributed by atoms with Gasteiger partial charge in [0.1, 0.15) is 0 Å². The minimum atomic E-state index is -2.31. The number of rotatable bonds is 3. The van der Waals surface area contributed by atoms with Crippen molar-refractivity contribution < 1.29 is 25.7 Å². The Balaban J connectivity index is 0.000000541. The zero-order valence-corrected chi connectivity index (χ0v) is 18.3. The molecule has 2 aromatic carbocycles. The first-order valence-electron chi connectivity index (χ1n) is 6.59. The van der Waals surface area contributed by atoms with E-state index in [2.05, 4.69) is 23.8 Å². The van der Waals surface area contributed by atoms with Crippen molar-refractivity contribution >= 4 is 44.2 Å². The Morgan fingerprint density at radius 3 is 1.23 bits per heavy atom. The van der Waals surface area contributed by atoms with Crippen LogP contribution in [-0.4, -0.2) is 12.4 Å². The molecule has 0 aliphatic heterocycles. The summed E-state index contributed by atoms with van der Waals surface area (Å²) in [6.07, 6.45) is 3.43. The molecule has 0 radical (unpaired) electrons. The van der Waals surface area contributed by atoms with Gasteiger partial charge in [0.25, 0.3) is 0 Å². The summed E-state index contributed by atoms with van der Waals surface area (Å²) in [5, 5.41) is 0. The Bertz CT molecular complexity index is 552. The third kappa shape index (κ3) is 9.78. The molecule has 0 atom stereocenters. The summed E-state index contributed by atoms with van der Waals surface area (Å²) in [5.41, 5.74) is 4.36. The fourth-order valence-electron chi connectivity index (χ4n) is 1.50. The van der Waals surface area contributed by atoms with E-state index in [4.69, 9.17) is 20.4 Å². The number of aryl methyl sites for hydroxylation is 2. The third-order valence-electron chi connectivity index (χ3n) is 2.58. The number of benzene rings is 2. The van der Waals surface area contributed by atoms with Crippen LogP contribution in [0.2, 0.25) is 0 Å². The summed E-state index contributed by atoms with van der Waals surface area (Å²) in [4.78, 5) is 8.61. The molecule has 0 N–H and O–H groups in total. The first kappa shape index (κ1) is 19.9. The first-order valence-corrected chi connectivity index (χ1v) is 20.2. The summed E-state index contributed by atoms with van der Waals surface area (Å²) in [5.74, 6) is 0. The van der Waals surface area contributed by atoms with Crippen LogP contribution in [0.15, 0.2) is 58.5 Å². The molecule has 6 heteroatoms. The Labute approximate surface area is 152 Å². The summed E-state index contributed by atoms with van der Waals surface area (Å²) in [6.45, 7) is 19.2. The van der Waals surface area contributed by atoms with Gasteiger partial charge in [0.05, 0.1) is 11.4 Å². The molecule has 2 rings (SSSR count). The second kappa shape index (κ2) is 11.4. The van der Waals surface area contributed by atoms with Crippen molar-refractivity contribution in [3.8, 4) is 0 Å². The van der Waals surface area contributed by atoms with Crippen LogP contribution in [0.5, 0.6) is 0 Å². The maximum absolute atomic E-state index is 5.03. The molecule has 114 valence electrons. The Morgan fingerprint density at radius 1 is 0.682 bits per heavy atom. The quantitative estimate of drug-likeness (QED) is 0.449. The predicted octanol–water partition coefficient (Wildman–Crippen LogP) is 6.48. The molecule has 0 spiro atoms. The molecule has 0 amide bonds. The predicted molar refractivity (Wildman–Crippen MR) is 96.2 cm³/mol. The van der Waals surface area contributed by atoms with Crippen LogP contribution in [0.4, 0.5) is 11.4 Å². The Morgan fingerprint density at radius 2 is 0.955 bits per heavy atom. The van der Waals surface area contributed by atoms with E-state index in [9.17, 15) is 0 Å². The summed E-state index contributed by atoms with van der Waals surface area (Å²) in [7, 11) is 0. The van der Waals surface area contributed by atoms with Gasteiger partial charge in [-0.05, 0) is 38.1 Å². The molecule has 22 heavy (non-hydrogen) atoms. The molecule has 0 aliphatic carbocycles. The van der Waals surface area contributed by atoms with Crippen molar-refractivity contribution in [3.63, 3.8) is 0 Å². The van der Waals surface area contributed by atoms with E-state index in [-0.39, 0.29) is 0 Å². The van der Waals surface area contributed by atoms with Gasteiger partial charge >= 0.3 is 46.0 Å². The van der Waals surface area contributed by atoms with Gasteiger partial charge in [0.15, 0.2) is 0 Å². The summed E-state index contributed by atoms with van der Waals surface area (Å²) in [6, 6.07) is 16.1. The van der Waals surface area contributed by atoms with Crippen molar-refractivity contribution in [3.05, 3.63) is 59.7 Å². The molecule has 0 saturated heterocycles. The van der Waals surface area contributed by atoms with Crippen molar-refractivity contribution in [1.29, 1.82) is 0 Å². The van der Waals surface area contributed by atoms with E-state index in [0.717, 1.165) is 11.4 Å². The average Bonchev–Trinajstić information content (AvgIpc) is 2.47. The molecule has 0 aromatic heterocycles. The van der Waals surface area contributed by atoms with Crippen LogP contribution < -0.4 is 0 Å². The normalized spacial score (nSPS) is 10.6. The molecule has 0 saturated carbocycles. The van der Waals surface area contributed by atoms with Gasteiger partial charge < -0.3 is 0 Å². The number of hydrogen-bond acceptors (Lipinski definition) is 2. The van der Waals surface area contributed by atoms with Gasteiger partial charge in [0.2, 0.25) is 0 Å². The fraction of sp³-hybridized carbons (Fsp3) is 0.125. The van der Waals surface area contributed by atoms with Gasteiger partial charge in [-0.1, -0.05) is 35.4 Å². The number of halogens is 3. The zero-order chi connectivity index (χ0) is 16.4. The van der Waals surface area contributed by atoms with Gasteiger partial charge in [0, 0.05) is 12.4 Å². The van der Waals surface area contributed by atoms with Crippen LogP contribution in [0.25, 0.3) is 0 Å². The van der Waals surface area contributed by atoms with Crippen molar-refractivity contribution in [2.75, 3.05) is 0 Å². The molecule has 0 aliphatic rings. The van der Waals surface area contributed by atoms with Crippen LogP contribution in [-0.2, 0) is 0 Å². The van der Waals surface area contributed by atoms with Gasteiger partial charge in [-0.25, -0.2) is 0 Å². The molecular weight excluding hydrogens is 465 g/mol. The second-order valence-electron chi connectivity index (χ2n) is 4.47. The summed E-state index contributed by atoms with van der Waals surface area (Å²) < 4.78 is 0. The van der Waals surface area contributed by atoms with E-state index in [1.165, 1.54) is 11.1 Å². The van der Waals surface area contributed by atoms with Crippen LogP contribution in [0, 0.1) is 39.5 Å². The molecule has 2 nitrogen and oxygen atoms in total. The van der Waals surface area contributed by atoms with Gasteiger partial charge in [-0.2, -0.15) is 0 Å². The van der Waals surface area contributed by atoms with Gasteiger partial charge in [-0.15, -0.1) is 0 Å². The van der Waals surface area contributed by atoms with Gasteiger partial charge in [-0.3, -0.25) is 9.98 Å². The van der Waals surface area contributed by atoms with Crippen molar-refractivity contribution in [2.45, 2.75) is 13.8 Å². The molecule has 0 bridgehead atoms. The topological polar surface area (TPSA) is 24.7 Å². The first-order chi connectivity index (χ1) is 10.5. The third-order valence-corrected chi connectivity index (χ3v) is 2.58. The van der Waals surface area contributed by atoms with E-state index >= 15 is 0 Å². The number of aliphatic imine (C=N–C) groups is 2. The molecule has 0 unspecified atom stereocenters. The average molecular weight is 482 g/mol. The molecule has 2 aromatic rings. The second-order valence-corrected chi connectivity index (χ2v) is 20.4. The Hall–Kier alpha value is -0.155. The van der Waals surface area contributed by atoms with Crippen molar-refractivity contribution in [2.24, 2.45) is 9.98 Å². The monoisotopic (exact) mass is 480 g/mol. The Kier molecular flexibility index (Phi) is 10.3. The number of nitrogens with zero attached hydrogens (tertiary/aromatic N) is 2. The van der Waals surface area contributed by atoms with E-state index in [0.29, 0.717) is 0 Å². The van der Waals surface area contributed by atoms with Crippen LogP contribution in [0.3, 0.4) is 0 Å². The standard InChI is InChI=1S/C16H16N2.3ClH.La/c1-13-3-7-15(8-4-13)17-11-12-18-16-9-5-14(2)6-10-16;;;;/h3-12H,1-2H3;3*1H;/q;;;;+3/p-3. The summed E-state index contributed by atoms with van der Waals surface area (Å²) >= 11 is -2.31. The fourth-order valence-corrected chi connectivity index (χ4v) is 1.50. The van der Waals surface area contributed by atoms with Crippen LogP contribution in [0.1, 0.15) is 11.1 Å². The maximum atomic E-state index is 5.03. The number of hydrogen-bond donors (Lipinski definition) is 0. The van der Waals surface area contributed by atoms with E-state index in [1.54, 1.807) is 12.4 Å². The SMILES string of the molecule is Cc1ccc(N=CC=Nc2ccc(C)cc2)cc1.[Cl][La]([Cl])[Cl]. The van der Waals surface area contributed by atoms with E-state index < -0.39 is 25.7 Å². The molecule has 0 heterocycles. The molecule has 0 fully saturated rings.